The molecule has 3 rings (SSSR count). The highest BCUT2D eigenvalue weighted by Gasteiger charge is 2.30. The van der Waals surface area contributed by atoms with Gasteiger partial charge in [-0.25, -0.2) is 8.42 Å². The molecule has 1 saturated heterocycles. The second kappa shape index (κ2) is 10.4. The van der Waals surface area contributed by atoms with Crippen molar-refractivity contribution >= 4 is 21.6 Å². The van der Waals surface area contributed by atoms with Crippen LogP contribution in [0.1, 0.15) is 5.56 Å². The predicted molar refractivity (Wildman–Crippen MR) is 113 cm³/mol. The molecule has 0 atom stereocenters. The first-order valence-electron chi connectivity index (χ1n) is 9.93. The maximum absolute atomic E-state index is 12.9. The number of morpholine rings is 1. The lowest BCUT2D eigenvalue weighted by Crippen LogP contribution is -2.40. The molecular formula is C21H23F3N2O6S. The first kappa shape index (κ1) is 24.8. The van der Waals surface area contributed by atoms with E-state index in [2.05, 4.69) is 5.32 Å². The van der Waals surface area contributed by atoms with Gasteiger partial charge >= 0.3 is 6.18 Å². The number of nitrogens with one attached hydrogen (secondary N) is 1. The summed E-state index contributed by atoms with van der Waals surface area (Å²) in [6.45, 7) is -0.833. The summed E-state index contributed by atoms with van der Waals surface area (Å²) in [6.07, 6.45) is -4.70. The number of benzene rings is 2. The minimum absolute atomic E-state index is 0.0941. The highest BCUT2D eigenvalue weighted by molar-refractivity contribution is 7.89. The molecule has 33 heavy (non-hydrogen) atoms. The molecule has 1 aliphatic rings. The molecule has 1 heterocycles. The maximum atomic E-state index is 12.9. The van der Waals surface area contributed by atoms with Gasteiger partial charge in [0.15, 0.2) is 6.61 Å². The van der Waals surface area contributed by atoms with Crippen LogP contribution in [0.15, 0.2) is 47.4 Å². The van der Waals surface area contributed by atoms with Crippen LogP contribution in [0.25, 0.3) is 0 Å². The highest BCUT2D eigenvalue weighted by atomic mass is 32.2. The Kier molecular flexibility index (Phi) is 7.82. The van der Waals surface area contributed by atoms with E-state index in [0.717, 1.165) is 18.2 Å². The van der Waals surface area contributed by atoms with Crippen LogP contribution in [0.2, 0.25) is 0 Å². The minimum atomic E-state index is -4.61. The molecule has 0 aromatic heterocycles. The van der Waals surface area contributed by atoms with Crippen molar-refractivity contribution in [1.82, 2.24) is 4.31 Å². The third kappa shape index (κ3) is 6.83. The fraction of sp³-hybridized carbons (Fsp3) is 0.381. The second-order valence-electron chi connectivity index (χ2n) is 7.15. The fourth-order valence-corrected chi connectivity index (χ4v) is 4.55. The number of carbonyl (C=O) groups excluding carboxylic acids is 1. The average molecular weight is 488 g/mol. The summed E-state index contributed by atoms with van der Waals surface area (Å²) in [7, 11) is -2.43. The highest BCUT2D eigenvalue weighted by Crippen LogP contribution is 2.31. The Bertz CT molecular complexity index is 1070. The van der Waals surface area contributed by atoms with Crippen LogP contribution in [0.4, 0.5) is 18.9 Å². The van der Waals surface area contributed by atoms with Gasteiger partial charge in [-0.15, -0.1) is 0 Å². The van der Waals surface area contributed by atoms with E-state index in [1.165, 1.54) is 11.4 Å². The Morgan fingerprint density at radius 1 is 1.12 bits per heavy atom. The third-order valence-corrected chi connectivity index (χ3v) is 6.64. The zero-order valence-electron chi connectivity index (χ0n) is 17.7. The van der Waals surface area contributed by atoms with Crippen LogP contribution in [0.5, 0.6) is 11.5 Å². The van der Waals surface area contributed by atoms with Crippen molar-refractivity contribution in [3.05, 3.63) is 48.0 Å². The molecule has 12 heteroatoms. The molecule has 8 nitrogen and oxygen atoms in total. The number of ether oxygens (including phenoxy) is 3. The number of carbonyl (C=O) groups is 1. The van der Waals surface area contributed by atoms with Gasteiger partial charge in [-0.05, 0) is 35.9 Å². The topological polar surface area (TPSA) is 94.2 Å². The number of halogens is 3. The maximum Gasteiger partial charge on any atom is 0.422 e. The van der Waals surface area contributed by atoms with Crippen molar-refractivity contribution in [3.8, 4) is 11.5 Å². The molecule has 1 fully saturated rings. The van der Waals surface area contributed by atoms with Gasteiger partial charge in [0.05, 0.1) is 37.3 Å². The van der Waals surface area contributed by atoms with E-state index in [0.29, 0.717) is 11.3 Å². The zero-order valence-corrected chi connectivity index (χ0v) is 18.5. The monoisotopic (exact) mass is 488 g/mol. The van der Waals surface area contributed by atoms with E-state index in [-0.39, 0.29) is 49.1 Å². The summed E-state index contributed by atoms with van der Waals surface area (Å²) in [5, 5.41) is 2.47. The first-order valence-corrected chi connectivity index (χ1v) is 11.4. The molecule has 0 radical (unpaired) electrons. The van der Waals surface area contributed by atoms with Crippen LogP contribution in [0.3, 0.4) is 0 Å². The lowest BCUT2D eigenvalue weighted by molar-refractivity contribution is -0.153. The SMILES string of the molecule is COc1ccc(CC(=O)Nc2cc(S(=O)(=O)N3CCOCC3)ccc2OCC(F)(F)F)cc1. The van der Waals surface area contributed by atoms with Crippen molar-refractivity contribution in [3.63, 3.8) is 0 Å². The summed E-state index contributed by atoms with van der Waals surface area (Å²) >= 11 is 0. The van der Waals surface area contributed by atoms with Crippen LogP contribution in [-0.4, -0.2) is 64.8 Å². The van der Waals surface area contributed by atoms with Gasteiger partial charge in [0.1, 0.15) is 11.5 Å². The van der Waals surface area contributed by atoms with E-state index in [1.54, 1.807) is 24.3 Å². The summed E-state index contributed by atoms with van der Waals surface area (Å²) in [4.78, 5) is 12.4. The molecule has 2 aromatic rings. The number of amides is 1. The summed E-state index contributed by atoms with van der Waals surface area (Å²) in [6, 6.07) is 10.0. The van der Waals surface area contributed by atoms with Crippen LogP contribution >= 0.6 is 0 Å². The molecule has 1 amide bonds. The Hall–Kier alpha value is -2.83. The predicted octanol–water partition coefficient (Wildman–Crippen LogP) is 2.84. The number of anilines is 1. The van der Waals surface area contributed by atoms with Gasteiger partial charge < -0.3 is 19.5 Å². The number of rotatable bonds is 8. The van der Waals surface area contributed by atoms with Gasteiger partial charge in [0.25, 0.3) is 0 Å². The van der Waals surface area contributed by atoms with E-state index < -0.39 is 28.7 Å². The van der Waals surface area contributed by atoms with E-state index in [4.69, 9.17) is 14.2 Å². The van der Waals surface area contributed by atoms with E-state index in [9.17, 15) is 26.4 Å². The Morgan fingerprint density at radius 2 is 1.79 bits per heavy atom. The van der Waals surface area contributed by atoms with Crippen molar-refractivity contribution in [2.75, 3.05) is 45.3 Å². The quantitative estimate of drug-likeness (QED) is 0.614. The Morgan fingerprint density at radius 3 is 2.39 bits per heavy atom. The largest absolute Gasteiger partial charge is 0.497 e. The molecule has 0 spiro atoms. The van der Waals surface area contributed by atoms with Gasteiger partial charge in [0, 0.05) is 13.1 Å². The standard InChI is InChI=1S/C21H23F3N2O6S/c1-30-16-4-2-15(3-5-16)12-20(27)25-18-13-17(6-7-19(18)32-14-21(22,23)24)33(28,29)26-8-10-31-11-9-26/h2-7,13H,8-12,14H2,1H3,(H,25,27). The van der Waals surface area contributed by atoms with Crippen LogP contribution < -0.4 is 14.8 Å². The smallest absolute Gasteiger partial charge is 0.422 e. The number of hydrogen-bond acceptors (Lipinski definition) is 6. The molecule has 0 aliphatic carbocycles. The molecule has 180 valence electrons. The minimum Gasteiger partial charge on any atom is -0.497 e. The number of nitrogens with zero attached hydrogens (tertiary/aromatic N) is 1. The number of alkyl halides is 3. The first-order chi connectivity index (χ1) is 15.6. The van der Waals surface area contributed by atoms with Crippen molar-refractivity contribution in [1.29, 1.82) is 0 Å². The van der Waals surface area contributed by atoms with Crippen LogP contribution in [0, 0.1) is 0 Å². The summed E-state index contributed by atoms with van der Waals surface area (Å²) in [5.41, 5.74) is 0.454. The summed E-state index contributed by atoms with van der Waals surface area (Å²) in [5.74, 6) is -0.253. The van der Waals surface area contributed by atoms with Crippen molar-refractivity contribution < 1.29 is 40.6 Å². The van der Waals surface area contributed by atoms with E-state index >= 15 is 0 Å². The Balaban J connectivity index is 1.84. The fourth-order valence-electron chi connectivity index (χ4n) is 3.11. The number of sulfonamides is 1. The van der Waals surface area contributed by atoms with Gasteiger partial charge in [-0.2, -0.15) is 17.5 Å². The zero-order chi connectivity index (χ0) is 24.1. The lowest BCUT2D eigenvalue weighted by atomic mass is 10.1. The molecule has 1 N–H and O–H groups in total. The van der Waals surface area contributed by atoms with E-state index in [1.807, 2.05) is 0 Å². The number of hydrogen-bond donors (Lipinski definition) is 1. The van der Waals surface area contributed by atoms with Crippen molar-refractivity contribution in [2.45, 2.75) is 17.5 Å². The normalized spacial score (nSPS) is 15.2. The molecule has 0 bridgehead atoms. The number of methoxy groups -OCH3 is 1. The average Bonchev–Trinajstić information content (AvgIpc) is 2.78. The molecular weight excluding hydrogens is 465 g/mol. The lowest BCUT2D eigenvalue weighted by Gasteiger charge is -2.26. The van der Waals surface area contributed by atoms with Gasteiger partial charge in [-0.1, -0.05) is 12.1 Å². The molecule has 0 unspecified atom stereocenters. The third-order valence-electron chi connectivity index (χ3n) is 4.75. The summed E-state index contributed by atoms with van der Waals surface area (Å²) < 4.78 is 80.1. The molecule has 1 aliphatic heterocycles. The molecule has 2 aromatic carbocycles. The Labute approximate surface area is 189 Å². The molecule has 0 saturated carbocycles. The van der Waals surface area contributed by atoms with Crippen molar-refractivity contribution in [2.24, 2.45) is 0 Å². The second-order valence-corrected chi connectivity index (χ2v) is 9.09. The van der Waals surface area contributed by atoms with Gasteiger partial charge in [-0.3, -0.25) is 4.79 Å². The van der Waals surface area contributed by atoms with Crippen LogP contribution in [-0.2, 0) is 26.0 Å². The van der Waals surface area contributed by atoms with Gasteiger partial charge in [0.2, 0.25) is 15.9 Å².